The SMILES string of the molecule is C=C(CCc1cc(C(=C)NCCCN(CCCCCCCCC(=O)CC(CC)CCCCC)CCCCCCCCC(=O)CC(CC)CCCCC)cc(C(=O)NCCCN(C)CCCCCCCCC(=O)CC(CC)CCCCC)c1)NCCCC.C=CC.CCCCC. The third-order valence-electron chi connectivity index (χ3n) is 19.5. The van der Waals surface area contributed by atoms with E-state index in [1.807, 2.05) is 13.0 Å². The molecule has 9 nitrogen and oxygen atoms in total. The fourth-order valence-electron chi connectivity index (χ4n) is 12.9. The normalized spacial score (nSPS) is 12.1. The number of allylic oxidation sites excluding steroid dienone is 2. The molecular formula is C86H161N5O4. The lowest BCUT2D eigenvalue weighted by atomic mass is 9.92. The van der Waals surface area contributed by atoms with E-state index in [1.165, 1.54) is 173 Å². The van der Waals surface area contributed by atoms with Crippen LogP contribution in [0.4, 0.5) is 0 Å². The van der Waals surface area contributed by atoms with Gasteiger partial charge in [-0.15, -0.1) is 6.58 Å². The number of carbonyl (C=O) groups is 4. The molecule has 1 rings (SSSR count). The lowest BCUT2D eigenvalue weighted by Crippen LogP contribution is -2.29. The minimum absolute atomic E-state index is 0.0321. The van der Waals surface area contributed by atoms with Gasteiger partial charge < -0.3 is 25.8 Å². The van der Waals surface area contributed by atoms with E-state index in [-0.39, 0.29) is 5.91 Å². The minimum atomic E-state index is -0.0321. The summed E-state index contributed by atoms with van der Waals surface area (Å²) >= 11 is 0. The van der Waals surface area contributed by atoms with E-state index in [0.717, 1.165) is 203 Å². The Bertz CT molecular complexity index is 1920. The predicted molar refractivity (Wildman–Crippen MR) is 420 cm³/mol. The number of nitrogens with one attached hydrogen (secondary N) is 3. The number of amides is 1. The number of nitrogens with zero attached hydrogens (tertiary/aromatic N) is 2. The van der Waals surface area contributed by atoms with Crippen LogP contribution >= 0.6 is 0 Å². The Morgan fingerprint density at radius 2 is 0.747 bits per heavy atom. The number of Topliss-reactive ketones (excluding diaryl/α,β-unsaturated/α-hetero) is 3. The van der Waals surface area contributed by atoms with Gasteiger partial charge in [0.2, 0.25) is 0 Å². The topological polar surface area (TPSA) is 111 Å². The number of rotatable bonds is 68. The zero-order chi connectivity index (χ0) is 70.6. The van der Waals surface area contributed by atoms with E-state index in [0.29, 0.717) is 47.2 Å². The van der Waals surface area contributed by atoms with Crippen molar-refractivity contribution in [1.29, 1.82) is 0 Å². The molecule has 0 bridgehead atoms. The van der Waals surface area contributed by atoms with Crippen molar-refractivity contribution in [2.75, 3.05) is 59.4 Å². The van der Waals surface area contributed by atoms with Crippen molar-refractivity contribution in [2.45, 2.75) is 377 Å². The highest BCUT2D eigenvalue weighted by molar-refractivity contribution is 5.95. The number of benzene rings is 1. The third kappa shape index (κ3) is 60.2. The van der Waals surface area contributed by atoms with Gasteiger partial charge in [0.1, 0.15) is 17.3 Å². The Kier molecular flexibility index (Phi) is 69.2. The average molecular weight is 1330 g/mol. The molecule has 95 heavy (non-hydrogen) atoms. The fourth-order valence-corrected chi connectivity index (χ4v) is 12.9. The lowest BCUT2D eigenvalue weighted by Gasteiger charge is -2.23. The summed E-state index contributed by atoms with van der Waals surface area (Å²) < 4.78 is 0. The smallest absolute Gasteiger partial charge is 0.251 e. The number of aryl methyl sites for hydroxylation is 1. The first kappa shape index (κ1) is 93.5. The maximum absolute atomic E-state index is 13.8. The van der Waals surface area contributed by atoms with Crippen LogP contribution in [0.2, 0.25) is 0 Å². The first-order valence-corrected chi connectivity index (χ1v) is 40.9. The zero-order valence-electron chi connectivity index (χ0n) is 65.3. The number of hydrogen-bond acceptors (Lipinski definition) is 8. The zero-order valence-corrected chi connectivity index (χ0v) is 65.3. The second-order valence-electron chi connectivity index (χ2n) is 28.7. The van der Waals surface area contributed by atoms with E-state index in [1.54, 1.807) is 6.08 Å². The second-order valence-corrected chi connectivity index (χ2v) is 28.7. The standard InChI is InChI=1S/C78H143N5O4.C5H12.C3H6/c1-11-18-34-45-69(15-5)63-75(84)48-37-28-22-25-31-40-56-82(10)57-43-55-81-78(87)74-62-72(52-51-67(8)79-53-21-14-4)61-73(66-74)68(9)80-54-44-60-83(58-41-32-26-23-29-38-49-76(85)64-70(16-6)46-35-19-12-2)59-42-33-27-24-30-39-50-77(86)65-71(17-7)47-36-20-13-3;1-3-5-4-2;1-3-2/h61-62,66,69-71,79-80H,8-9,11-60,63-65H2,1-7,10H3,(H,81,87);3-5H2,1-2H3;3H,1H2,2H3. The molecule has 0 saturated carbocycles. The summed E-state index contributed by atoms with van der Waals surface area (Å²) in [6.07, 6.45) is 55.9. The molecule has 0 aliphatic carbocycles. The molecule has 0 spiro atoms. The summed E-state index contributed by atoms with van der Waals surface area (Å²) in [6, 6.07) is 6.28. The van der Waals surface area contributed by atoms with Gasteiger partial charge in [0.05, 0.1) is 0 Å². The summed E-state index contributed by atoms with van der Waals surface area (Å²) in [5, 5.41) is 10.4. The number of hydrogen-bond donors (Lipinski definition) is 3. The molecule has 3 atom stereocenters. The number of ketones is 3. The Balaban J connectivity index is 0. The molecule has 0 radical (unpaired) electrons. The van der Waals surface area contributed by atoms with Crippen molar-refractivity contribution < 1.29 is 19.2 Å². The molecule has 0 fully saturated rings. The van der Waals surface area contributed by atoms with Crippen LogP contribution in [0.25, 0.3) is 5.70 Å². The lowest BCUT2D eigenvalue weighted by molar-refractivity contribution is -0.121. The van der Waals surface area contributed by atoms with E-state index >= 15 is 0 Å². The highest BCUT2D eigenvalue weighted by Crippen LogP contribution is 2.24. The molecule has 0 aliphatic rings. The van der Waals surface area contributed by atoms with Gasteiger partial charge >= 0.3 is 0 Å². The minimum Gasteiger partial charge on any atom is -0.389 e. The molecule has 3 N–H and O–H groups in total. The van der Waals surface area contributed by atoms with Crippen LogP contribution in [-0.2, 0) is 20.8 Å². The predicted octanol–water partition coefficient (Wildman–Crippen LogP) is 24.1. The largest absolute Gasteiger partial charge is 0.389 e. The van der Waals surface area contributed by atoms with E-state index < -0.39 is 0 Å². The highest BCUT2D eigenvalue weighted by Gasteiger charge is 2.16. The van der Waals surface area contributed by atoms with Gasteiger partial charge in [-0.05, 0) is 164 Å². The monoisotopic (exact) mass is 1330 g/mol. The molecule has 0 saturated heterocycles. The Morgan fingerprint density at radius 3 is 1.16 bits per heavy atom. The van der Waals surface area contributed by atoms with Crippen LogP contribution < -0.4 is 16.0 Å². The maximum atomic E-state index is 13.8. The van der Waals surface area contributed by atoms with Gasteiger partial charge in [0.25, 0.3) is 5.91 Å². The molecule has 0 aromatic heterocycles. The van der Waals surface area contributed by atoms with Gasteiger partial charge in [0, 0.05) is 75.1 Å². The van der Waals surface area contributed by atoms with Gasteiger partial charge in [0.15, 0.2) is 0 Å². The molecular weight excluding hydrogens is 1170 g/mol. The summed E-state index contributed by atoms with van der Waals surface area (Å²) in [4.78, 5) is 57.0. The van der Waals surface area contributed by atoms with Crippen LogP contribution in [0.5, 0.6) is 0 Å². The first-order valence-electron chi connectivity index (χ1n) is 40.9. The van der Waals surface area contributed by atoms with Crippen LogP contribution in [0.15, 0.2) is 49.7 Å². The van der Waals surface area contributed by atoms with Crippen LogP contribution in [-0.4, -0.2) is 92.5 Å². The Morgan fingerprint density at radius 1 is 0.400 bits per heavy atom. The molecule has 9 heteroatoms. The Hall–Kier alpha value is -3.56. The summed E-state index contributed by atoms with van der Waals surface area (Å²) in [6.45, 7) is 41.9. The van der Waals surface area contributed by atoms with Gasteiger partial charge in [-0.25, -0.2) is 0 Å². The van der Waals surface area contributed by atoms with Crippen molar-refractivity contribution in [3.8, 4) is 0 Å². The van der Waals surface area contributed by atoms with Gasteiger partial charge in [-0.2, -0.15) is 0 Å². The van der Waals surface area contributed by atoms with E-state index in [2.05, 4.69) is 127 Å². The summed E-state index contributed by atoms with van der Waals surface area (Å²) in [7, 11) is 2.19. The van der Waals surface area contributed by atoms with Crippen LogP contribution in [0.3, 0.4) is 0 Å². The number of carbonyl (C=O) groups excluding carboxylic acids is 4. The first-order chi connectivity index (χ1) is 46.1. The van der Waals surface area contributed by atoms with Crippen molar-refractivity contribution in [2.24, 2.45) is 17.8 Å². The third-order valence-corrected chi connectivity index (χ3v) is 19.5. The van der Waals surface area contributed by atoms with Gasteiger partial charge in [-0.1, -0.05) is 281 Å². The van der Waals surface area contributed by atoms with Crippen molar-refractivity contribution >= 4 is 29.0 Å². The fraction of sp³-hybridized carbons (Fsp3) is 0.814. The molecule has 1 amide bonds. The summed E-state index contributed by atoms with van der Waals surface area (Å²) in [5.41, 5.74) is 4.68. The molecule has 554 valence electrons. The molecule has 1 aromatic carbocycles. The molecule has 0 heterocycles. The number of unbranched alkanes of at least 4 members (excludes halogenated alkanes) is 24. The maximum Gasteiger partial charge on any atom is 0.251 e. The van der Waals surface area contributed by atoms with Crippen LogP contribution in [0.1, 0.15) is 393 Å². The van der Waals surface area contributed by atoms with E-state index in [9.17, 15) is 19.2 Å². The van der Waals surface area contributed by atoms with E-state index in [4.69, 9.17) is 0 Å². The van der Waals surface area contributed by atoms with Crippen molar-refractivity contribution in [3.63, 3.8) is 0 Å². The van der Waals surface area contributed by atoms with Crippen molar-refractivity contribution in [3.05, 3.63) is 66.4 Å². The molecule has 1 aromatic rings. The Labute approximate surface area is 591 Å². The van der Waals surface area contributed by atoms with Gasteiger partial charge in [-0.3, -0.25) is 19.2 Å². The van der Waals surface area contributed by atoms with Crippen molar-refractivity contribution in [1.82, 2.24) is 25.8 Å². The highest BCUT2D eigenvalue weighted by atomic mass is 16.2. The summed E-state index contributed by atoms with van der Waals surface area (Å²) in [5.74, 6) is 3.14. The molecule has 0 aliphatic heterocycles. The molecule has 3 unspecified atom stereocenters. The second kappa shape index (κ2) is 70.3. The quantitative estimate of drug-likeness (QED) is 0.0437. The van der Waals surface area contributed by atoms with Crippen LogP contribution in [0, 0.1) is 17.8 Å². The average Bonchev–Trinajstić information content (AvgIpc) is 0.911.